The molecule has 1 aromatic carbocycles. The summed E-state index contributed by atoms with van der Waals surface area (Å²) in [6.45, 7) is 4.05. The maximum atomic E-state index is 5.59. The molecule has 0 aliphatic heterocycles. The molecule has 0 aliphatic rings. The molecule has 68 valence electrons. The van der Waals surface area contributed by atoms with E-state index >= 15 is 0 Å². The average molecular weight is 194 g/mol. The summed E-state index contributed by atoms with van der Waals surface area (Å²) in [5, 5.41) is 0. The van der Waals surface area contributed by atoms with Crippen molar-refractivity contribution in [3.8, 4) is 0 Å². The monoisotopic (exact) mass is 194 g/mol. The fourth-order valence-electron chi connectivity index (χ4n) is 1.21. The summed E-state index contributed by atoms with van der Waals surface area (Å²) >= 11 is 1.69. The molecule has 0 spiro atoms. The van der Waals surface area contributed by atoms with Gasteiger partial charge in [-0.3, -0.25) is 4.84 Å². The Labute approximate surface area is 81.3 Å². The molecule has 0 saturated carbocycles. The summed E-state index contributed by atoms with van der Waals surface area (Å²) in [6.07, 6.45) is 0.211. The van der Waals surface area contributed by atoms with Crippen molar-refractivity contribution in [2.75, 3.05) is 0 Å². The number of fused-ring (bicyclic) bond motifs is 1. The van der Waals surface area contributed by atoms with E-state index in [-0.39, 0.29) is 6.10 Å². The van der Waals surface area contributed by atoms with Crippen molar-refractivity contribution in [1.29, 1.82) is 0 Å². The lowest BCUT2D eigenvalue weighted by Crippen LogP contribution is -2.44. The van der Waals surface area contributed by atoms with Gasteiger partial charge < -0.3 is 0 Å². The second kappa shape index (κ2) is 3.34. The highest BCUT2D eigenvalue weighted by atomic mass is 32.1. The van der Waals surface area contributed by atoms with Crippen LogP contribution in [0.15, 0.2) is 29.8 Å². The van der Waals surface area contributed by atoms with Crippen LogP contribution in [0, 0.1) is 0 Å². The van der Waals surface area contributed by atoms with E-state index in [1.807, 2.05) is 36.2 Å². The number of thiazole rings is 1. The molecule has 0 radical (unpaired) electrons. The third kappa shape index (κ3) is 1.65. The zero-order valence-corrected chi connectivity index (χ0v) is 8.54. The standard InChI is InChI=1S/C10H12NOS/c1-8(2)12-11-7-13-10-6-4-3-5-9(10)11/h3-8H,1-2H3/q+1. The van der Waals surface area contributed by atoms with E-state index in [0.717, 1.165) is 5.52 Å². The molecule has 13 heavy (non-hydrogen) atoms. The number of hydrogen-bond acceptors (Lipinski definition) is 2. The van der Waals surface area contributed by atoms with Gasteiger partial charge in [0.2, 0.25) is 0 Å². The number of rotatable bonds is 2. The van der Waals surface area contributed by atoms with E-state index in [1.165, 1.54) is 4.70 Å². The van der Waals surface area contributed by atoms with Gasteiger partial charge in [-0.15, -0.1) is 0 Å². The Morgan fingerprint density at radius 2 is 2.08 bits per heavy atom. The van der Waals surface area contributed by atoms with Crippen LogP contribution >= 0.6 is 11.3 Å². The van der Waals surface area contributed by atoms with E-state index in [1.54, 1.807) is 11.3 Å². The van der Waals surface area contributed by atoms with Gasteiger partial charge in [0.05, 0.1) is 0 Å². The van der Waals surface area contributed by atoms with Crippen LogP contribution in [0.4, 0.5) is 0 Å². The first-order chi connectivity index (χ1) is 6.27. The molecule has 1 heterocycles. The van der Waals surface area contributed by atoms with Crippen LogP contribution in [0.5, 0.6) is 0 Å². The van der Waals surface area contributed by atoms with Crippen LogP contribution in [0.2, 0.25) is 0 Å². The van der Waals surface area contributed by atoms with Crippen LogP contribution in [-0.2, 0) is 0 Å². The zero-order chi connectivity index (χ0) is 9.26. The Morgan fingerprint density at radius 1 is 1.31 bits per heavy atom. The van der Waals surface area contributed by atoms with Gasteiger partial charge in [-0.1, -0.05) is 23.5 Å². The van der Waals surface area contributed by atoms with Crippen molar-refractivity contribution >= 4 is 21.6 Å². The van der Waals surface area contributed by atoms with Gasteiger partial charge in [0.15, 0.2) is 6.10 Å². The quantitative estimate of drug-likeness (QED) is 0.667. The van der Waals surface area contributed by atoms with Gasteiger partial charge in [-0.25, -0.2) is 0 Å². The molecule has 2 rings (SSSR count). The molecular formula is C10H12NOS+. The Morgan fingerprint density at radius 3 is 2.85 bits per heavy atom. The lowest BCUT2D eigenvalue weighted by atomic mass is 10.3. The minimum absolute atomic E-state index is 0.211. The SMILES string of the molecule is CC(C)O[n+]1csc2ccccc21. The molecule has 1 aromatic heterocycles. The normalized spacial score (nSPS) is 11.0. The maximum absolute atomic E-state index is 5.59. The molecule has 0 saturated heterocycles. The van der Waals surface area contributed by atoms with Crippen LogP contribution < -0.4 is 9.57 Å². The van der Waals surface area contributed by atoms with Gasteiger partial charge in [0, 0.05) is 10.8 Å². The first-order valence-electron chi connectivity index (χ1n) is 4.32. The minimum atomic E-state index is 0.211. The van der Waals surface area contributed by atoms with Gasteiger partial charge >= 0.3 is 0 Å². The summed E-state index contributed by atoms with van der Waals surface area (Å²) in [7, 11) is 0. The van der Waals surface area contributed by atoms with Crippen molar-refractivity contribution in [3.63, 3.8) is 0 Å². The number of para-hydroxylation sites is 1. The third-order valence-electron chi connectivity index (χ3n) is 1.70. The molecule has 2 nitrogen and oxygen atoms in total. The topological polar surface area (TPSA) is 13.1 Å². The molecule has 2 aromatic rings. The van der Waals surface area contributed by atoms with Gasteiger partial charge in [0.1, 0.15) is 4.70 Å². The van der Waals surface area contributed by atoms with E-state index in [2.05, 4.69) is 12.1 Å². The largest absolute Gasteiger partial charge is 0.278 e. The molecule has 0 aliphatic carbocycles. The van der Waals surface area contributed by atoms with E-state index in [9.17, 15) is 0 Å². The Kier molecular flexibility index (Phi) is 2.19. The number of hydrogen-bond donors (Lipinski definition) is 0. The summed E-state index contributed by atoms with van der Waals surface area (Å²) in [4.78, 5) is 5.59. The summed E-state index contributed by atoms with van der Waals surface area (Å²) in [5.41, 5.74) is 3.13. The summed E-state index contributed by atoms with van der Waals surface area (Å²) in [5.74, 6) is 0. The predicted molar refractivity (Wildman–Crippen MR) is 53.7 cm³/mol. The smallest absolute Gasteiger partial charge is 0.267 e. The zero-order valence-electron chi connectivity index (χ0n) is 7.73. The highest BCUT2D eigenvalue weighted by Gasteiger charge is 2.13. The van der Waals surface area contributed by atoms with Crippen molar-refractivity contribution < 1.29 is 9.57 Å². The van der Waals surface area contributed by atoms with Crippen molar-refractivity contribution in [2.24, 2.45) is 0 Å². The Balaban J connectivity index is 2.46. The second-order valence-corrected chi connectivity index (χ2v) is 4.06. The first-order valence-corrected chi connectivity index (χ1v) is 5.20. The highest BCUT2D eigenvalue weighted by Crippen LogP contribution is 2.14. The average Bonchev–Trinajstić information content (AvgIpc) is 2.48. The fourth-order valence-corrected chi connectivity index (χ4v) is 2.02. The lowest BCUT2D eigenvalue weighted by Gasteiger charge is -1.98. The van der Waals surface area contributed by atoms with Crippen LogP contribution in [-0.4, -0.2) is 6.10 Å². The van der Waals surface area contributed by atoms with Crippen LogP contribution in [0.3, 0.4) is 0 Å². The molecule has 0 N–H and O–H groups in total. The predicted octanol–water partition coefficient (Wildman–Crippen LogP) is 2.03. The minimum Gasteiger partial charge on any atom is -0.267 e. The van der Waals surface area contributed by atoms with Crippen LogP contribution in [0.1, 0.15) is 13.8 Å². The third-order valence-corrected chi connectivity index (χ3v) is 2.60. The fraction of sp³-hybridized carbons (Fsp3) is 0.300. The van der Waals surface area contributed by atoms with Crippen molar-refractivity contribution in [2.45, 2.75) is 20.0 Å². The number of benzene rings is 1. The van der Waals surface area contributed by atoms with Crippen LogP contribution in [0.25, 0.3) is 10.2 Å². The summed E-state index contributed by atoms with van der Waals surface area (Å²) in [6, 6.07) is 8.22. The van der Waals surface area contributed by atoms with E-state index < -0.39 is 0 Å². The second-order valence-electron chi connectivity index (χ2n) is 3.17. The van der Waals surface area contributed by atoms with E-state index in [0.29, 0.717) is 0 Å². The van der Waals surface area contributed by atoms with Gasteiger partial charge in [0.25, 0.3) is 11.0 Å². The number of aromatic nitrogens is 1. The van der Waals surface area contributed by atoms with Crippen molar-refractivity contribution in [1.82, 2.24) is 0 Å². The highest BCUT2D eigenvalue weighted by molar-refractivity contribution is 7.16. The van der Waals surface area contributed by atoms with Gasteiger partial charge in [-0.05, 0) is 19.9 Å². The van der Waals surface area contributed by atoms with Gasteiger partial charge in [-0.2, -0.15) is 0 Å². The van der Waals surface area contributed by atoms with Crippen molar-refractivity contribution in [3.05, 3.63) is 29.8 Å². The number of nitrogens with zero attached hydrogens (tertiary/aromatic N) is 1. The Bertz CT molecular complexity index is 408. The maximum Gasteiger partial charge on any atom is 0.278 e. The molecule has 0 atom stereocenters. The first kappa shape index (κ1) is 8.51. The van der Waals surface area contributed by atoms with E-state index in [4.69, 9.17) is 4.84 Å². The summed E-state index contributed by atoms with van der Waals surface area (Å²) < 4.78 is 3.09. The Hall–Kier alpha value is -1.09. The lowest BCUT2D eigenvalue weighted by molar-refractivity contribution is -0.875. The molecule has 0 unspecified atom stereocenters. The molecule has 0 bridgehead atoms. The molecule has 0 amide bonds. The molecule has 0 fully saturated rings. The molecule has 3 heteroatoms. The molecular weight excluding hydrogens is 182 g/mol.